The zero-order valence-electron chi connectivity index (χ0n) is 15.4. The molecule has 4 heterocycles. The van der Waals surface area contributed by atoms with Crippen molar-refractivity contribution in [1.29, 1.82) is 0 Å². The molecule has 29 heavy (non-hydrogen) atoms. The zero-order valence-corrected chi connectivity index (χ0v) is 15.4. The van der Waals surface area contributed by atoms with Crippen molar-refractivity contribution in [2.24, 2.45) is 0 Å². The van der Waals surface area contributed by atoms with E-state index in [0.717, 1.165) is 28.1 Å². The lowest BCUT2D eigenvalue weighted by molar-refractivity contribution is 0.0905. The molecule has 1 unspecified atom stereocenters. The Hall–Kier alpha value is -4.02. The van der Waals surface area contributed by atoms with Gasteiger partial charge in [-0.15, -0.1) is 0 Å². The molecule has 0 amide bonds. The number of fused-ring (bicyclic) bond motifs is 1. The van der Waals surface area contributed by atoms with Crippen molar-refractivity contribution in [1.82, 2.24) is 24.7 Å². The quantitative estimate of drug-likeness (QED) is 0.538. The third kappa shape index (κ3) is 3.45. The van der Waals surface area contributed by atoms with Crippen molar-refractivity contribution in [2.75, 3.05) is 5.73 Å². The van der Waals surface area contributed by atoms with Crippen molar-refractivity contribution >= 4 is 5.95 Å². The summed E-state index contributed by atoms with van der Waals surface area (Å²) in [7, 11) is 0. The molecule has 1 aromatic carbocycles. The minimum absolute atomic E-state index is 0.145. The summed E-state index contributed by atoms with van der Waals surface area (Å²) in [6.07, 6.45) is 8.50. The smallest absolute Gasteiger partial charge is 0.219 e. The maximum absolute atomic E-state index is 5.93. The van der Waals surface area contributed by atoms with Crippen LogP contribution in [0.25, 0.3) is 5.69 Å². The fourth-order valence-electron chi connectivity index (χ4n) is 3.19. The number of nitrogens with zero attached hydrogens (tertiary/aromatic N) is 5. The third-order valence-electron chi connectivity index (χ3n) is 4.59. The Kier molecular flexibility index (Phi) is 4.24. The number of benzene rings is 1. The normalized spacial score (nSPS) is 14.8. The largest absolute Gasteiger partial charge is 0.368 e. The molecule has 0 spiro atoms. The van der Waals surface area contributed by atoms with Crippen LogP contribution >= 0.6 is 0 Å². The Labute approximate surface area is 167 Å². The highest BCUT2D eigenvalue weighted by Gasteiger charge is 2.28. The second kappa shape index (κ2) is 7.19. The summed E-state index contributed by atoms with van der Waals surface area (Å²) >= 11 is 0. The molecule has 0 radical (unpaired) electrons. The van der Waals surface area contributed by atoms with Gasteiger partial charge in [-0.1, -0.05) is 42.2 Å². The Bertz CT molecular complexity index is 1220. The minimum Gasteiger partial charge on any atom is -0.368 e. The molecule has 140 valence electrons. The number of pyridine rings is 1. The van der Waals surface area contributed by atoms with E-state index in [-0.39, 0.29) is 12.1 Å². The summed E-state index contributed by atoms with van der Waals surface area (Å²) in [5.41, 5.74) is 10.9. The van der Waals surface area contributed by atoms with Gasteiger partial charge in [-0.2, -0.15) is 5.10 Å². The minimum atomic E-state index is -0.145. The van der Waals surface area contributed by atoms with Gasteiger partial charge in [-0.25, -0.2) is 14.6 Å². The molecule has 0 saturated heterocycles. The molecule has 1 aliphatic heterocycles. The van der Waals surface area contributed by atoms with Crippen LogP contribution in [0.15, 0.2) is 67.4 Å². The molecule has 0 saturated carbocycles. The zero-order chi connectivity index (χ0) is 19.6. The van der Waals surface area contributed by atoms with Crippen molar-refractivity contribution in [3.05, 3.63) is 95.3 Å². The fourth-order valence-corrected chi connectivity index (χ4v) is 3.19. The first-order chi connectivity index (χ1) is 14.3. The summed E-state index contributed by atoms with van der Waals surface area (Å²) in [6, 6.07) is 12.1. The molecule has 7 nitrogen and oxygen atoms in total. The van der Waals surface area contributed by atoms with Gasteiger partial charge in [-0.05, 0) is 11.6 Å². The molecule has 3 aromatic heterocycles. The van der Waals surface area contributed by atoms with Crippen molar-refractivity contribution < 1.29 is 4.74 Å². The monoisotopic (exact) mass is 380 g/mol. The molecule has 0 aliphatic carbocycles. The van der Waals surface area contributed by atoms with Gasteiger partial charge in [0.1, 0.15) is 11.8 Å². The number of ether oxygens (including phenoxy) is 1. The Morgan fingerprint density at radius 2 is 1.79 bits per heavy atom. The van der Waals surface area contributed by atoms with Gasteiger partial charge >= 0.3 is 0 Å². The van der Waals surface area contributed by atoms with Crippen LogP contribution in [0, 0.1) is 11.8 Å². The summed E-state index contributed by atoms with van der Waals surface area (Å²) in [6.45, 7) is 0.541. The summed E-state index contributed by atoms with van der Waals surface area (Å²) < 4.78 is 7.75. The van der Waals surface area contributed by atoms with Crippen LogP contribution in [0.5, 0.6) is 0 Å². The van der Waals surface area contributed by atoms with Crippen LogP contribution < -0.4 is 5.73 Å². The SMILES string of the molecule is Nc1ncc(C#Cc2cncc(-n3cc4c(n3)C(c3ccccc3)OC4)c2)cn1. The van der Waals surface area contributed by atoms with E-state index in [0.29, 0.717) is 12.2 Å². The average Bonchev–Trinajstić information content (AvgIpc) is 3.35. The van der Waals surface area contributed by atoms with Gasteiger partial charge in [0.2, 0.25) is 5.95 Å². The number of anilines is 1. The Balaban J connectivity index is 1.43. The Morgan fingerprint density at radius 1 is 1.00 bits per heavy atom. The van der Waals surface area contributed by atoms with Gasteiger partial charge < -0.3 is 10.5 Å². The van der Waals surface area contributed by atoms with E-state index in [4.69, 9.17) is 15.6 Å². The number of aromatic nitrogens is 5. The predicted octanol–water partition coefficient (Wildman–Crippen LogP) is 2.66. The molecule has 2 N–H and O–H groups in total. The first kappa shape index (κ1) is 17.1. The van der Waals surface area contributed by atoms with E-state index in [1.807, 2.05) is 35.1 Å². The highest BCUT2D eigenvalue weighted by molar-refractivity contribution is 5.45. The molecule has 0 fully saturated rings. The van der Waals surface area contributed by atoms with Crippen LogP contribution in [0.1, 0.15) is 34.1 Å². The summed E-state index contributed by atoms with van der Waals surface area (Å²) in [5, 5.41) is 4.76. The van der Waals surface area contributed by atoms with E-state index in [1.54, 1.807) is 24.8 Å². The van der Waals surface area contributed by atoms with Gasteiger partial charge in [0, 0.05) is 35.9 Å². The van der Waals surface area contributed by atoms with E-state index in [9.17, 15) is 0 Å². The number of hydrogen-bond acceptors (Lipinski definition) is 6. The lowest BCUT2D eigenvalue weighted by Gasteiger charge is -2.10. The molecule has 4 aromatic rings. The first-order valence-electron chi connectivity index (χ1n) is 9.06. The maximum atomic E-state index is 5.93. The molecular formula is C22H16N6O. The molecule has 1 atom stereocenters. The van der Waals surface area contributed by atoms with Gasteiger partial charge in [-0.3, -0.25) is 4.98 Å². The topological polar surface area (TPSA) is 91.7 Å². The fraction of sp³-hybridized carbons (Fsp3) is 0.0909. The van der Waals surface area contributed by atoms with Crippen LogP contribution in [-0.4, -0.2) is 24.7 Å². The number of hydrogen-bond donors (Lipinski definition) is 1. The molecule has 0 bridgehead atoms. The number of nitrogen functional groups attached to an aromatic ring is 1. The standard InChI is InChI=1S/C22H16N6O/c23-22-25-10-16(11-26-22)7-6-15-8-19(12-24-9-15)28-13-18-14-29-21(20(18)27-28)17-4-2-1-3-5-17/h1-5,8-13,21H,14H2,(H2,23,25,26). The van der Waals surface area contributed by atoms with Crippen molar-refractivity contribution in [3.63, 3.8) is 0 Å². The predicted molar refractivity (Wildman–Crippen MR) is 107 cm³/mol. The van der Waals surface area contributed by atoms with Crippen LogP contribution in [0.2, 0.25) is 0 Å². The molecule has 5 rings (SSSR count). The van der Waals surface area contributed by atoms with Crippen LogP contribution in [-0.2, 0) is 11.3 Å². The number of rotatable bonds is 2. The highest BCUT2D eigenvalue weighted by Crippen LogP contribution is 2.35. The maximum Gasteiger partial charge on any atom is 0.219 e. The molecule has 1 aliphatic rings. The first-order valence-corrected chi connectivity index (χ1v) is 9.06. The van der Waals surface area contributed by atoms with Crippen LogP contribution in [0.4, 0.5) is 5.95 Å². The summed E-state index contributed by atoms with van der Waals surface area (Å²) in [4.78, 5) is 12.2. The second-order valence-electron chi connectivity index (χ2n) is 6.60. The van der Waals surface area contributed by atoms with E-state index in [1.165, 1.54) is 0 Å². The molecule has 7 heteroatoms. The Morgan fingerprint density at radius 3 is 2.62 bits per heavy atom. The van der Waals surface area contributed by atoms with Crippen LogP contribution in [0.3, 0.4) is 0 Å². The van der Waals surface area contributed by atoms with E-state index >= 15 is 0 Å². The number of nitrogens with two attached hydrogens (primary N) is 1. The van der Waals surface area contributed by atoms with Gasteiger partial charge in [0.05, 0.1) is 24.1 Å². The summed E-state index contributed by atoms with van der Waals surface area (Å²) in [5.74, 6) is 6.32. The average molecular weight is 380 g/mol. The highest BCUT2D eigenvalue weighted by atomic mass is 16.5. The lowest BCUT2D eigenvalue weighted by Crippen LogP contribution is -2.03. The van der Waals surface area contributed by atoms with Crippen molar-refractivity contribution in [3.8, 4) is 17.5 Å². The van der Waals surface area contributed by atoms with Gasteiger partial charge in [0.25, 0.3) is 0 Å². The molecular weight excluding hydrogens is 364 g/mol. The van der Waals surface area contributed by atoms with E-state index < -0.39 is 0 Å². The van der Waals surface area contributed by atoms with Gasteiger partial charge in [0.15, 0.2) is 0 Å². The van der Waals surface area contributed by atoms with Crippen molar-refractivity contribution in [2.45, 2.75) is 12.7 Å². The van der Waals surface area contributed by atoms with E-state index in [2.05, 4.69) is 38.9 Å². The second-order valence-corrected chi connectivity index (χ2v) is 6.60. The third-order valence-corrected chi connectivity index (χ3v) is 4.59. The lowest BCUT2D eigenvalue weighted by atomic mass is 10.1.